The molecule has 1 aromatic carbocycles. The van der Waals surface area contributed by atoms with Crippen LogP contribution in [0, 0.1) is 5.92 Å². The molecule has 186 valence electrons. The predicted octanol–water partition coefficient (Wildman–Crippen LogP) is 2.15. The van der Waals surface area contributed by atoms with Crippen LogP contribution in [0.1, 0.15) is 62.2 Å². The van der Waals surface area contributed by atoms with Gasteiger partial charge in [0, 0.05) is 18.8 Å². The molecule has 1 aromatic heterocycles. The van der Waals surface area contributed by atoms with Crippen LogP contribution in [0.4, 0.5) is 0 Å². The summed E-state index contributed by atoms with van der Waals surface area (Å²) in [5, 5.41) is 20.8. The molecule has 1 aliphatic rings. The Bertz CT molecular complexity index is 904. The molecule has 0 spiro atoms. The molecule has 1 amide bonds. The van der Waals surface area contributed by atoms with Crippen molar-refractivity contribution in [3.8, 4) is 0 Å². The number of amides is 1. The van der Waals surface area contributed by atoms with E-state index in [0.717, 1.165) is 31.4 Å². The SMILES string of the molecule is CCOC(=O)[C@H](Cc1ccccc1)NC(=O)C1CCC(c2noc(CCCCNC)n2)CC1O. The first-order valence-corrected chi connectivity index (χ1v) is 12.2. The third-order valence-electron chi connectivity index (χ3n) is 6.24. The third kappa shape index (κ3) is 7.36. The van der Waals surface area contributed by atoms with E-state index in [2.05, 4.69) is 20.8 Å². The zero-order valence-electron chi connectivity index (χ0n) is 20.0. The van der Waals surface area contributed by atoms with E-state index < -0.39 is 24.0 Å². The Morgan fingerprint density at radius 2 is 2.03 bits per heavy atom. The smallest absolute Gasteiger partial charge is 0.328 e. The van der Waals surface area contributed by atoms with Crippen LogP contribution in [0.2, 0.25) is 0 Å². The van der Waals surface area contributed by atoms with Gasteiger partial charge < -0.3 is 25.0 Å². The summed E-state index contributed by atoms with van der Waals surface area (Å²) in [6.45, 7) is 2.91. The standard InChI is InChI=1S/C25H36N4O5/c1-3-33-25(32)20(15-17-9-5-4-6-10-17)27-24(31)19-13-12-18(16-21(19)30)23-28-22(34-29-23)11-7-8-14-26-2/h4-6,9-10,18-21,26,30H,3,7-8,11-16H2,1-2H3,(H,27,31)/t18?,19?,20-,21?/m0/s1. The van der Waals surface area contributed by atoms with Crippen molar-refractivity contribution in [1.82, 2.24) is 20.8 Å². The number of unbranched alkanes of at least 4 members (excludes halogenated alkanes) is 1. The number of esters is 1. The summed E-state index contributed by atoms with van der Waals surface area (Å²) in [6, 6.07) is 8.66. The number of benzene rings is 1. The molecule has 3 N–H and O–H groups in total. The van der Waals surface area contributed by atoms with E-state index in [1.807, 2.05) is 37.4 Å². The second kappa shape index (κ2) is 13.2. The molecule has 3 rings (SSSR count). The van der Waals surface area contributed by atoms with Crippen LogP contribution in [-0.2, 0) is 27.2 Å². The molecule has 1 heterocycles. The van der Waals surface area contributed by atoms with Gasteiger partial charge >= 0.3 is 5.97 Å². The Labute approximate surface area is 200 Å². The lowest BCUT2D eigenvalue weighted by atomic mass is 9.79. The average Bonchev–Trinajstić information content (AvgIpc) is 3.31. The maximum atomic E-state index is 13.0. The number of aliphatic hydroxyl groups excluding tert-OH is 1. The maximum Gasteiger partial charge on any atom is 0.328 e. The molecule has 1 saturated carbocycles. The molecule has 3 unspecified atom stereocenters. The van der Waals surface area contributed by atoms with Crippen molar-refractivity contribution >= 4 is 11.9 Å². The molecule has 9 heteroatoms. The van der Waals surface area contributed by atoms with Gasteiger partial charge in [-0.2, -0.15) is 4.98 Å². The highest BCUT2D eigenvalue weighted by atomic mass is 16.5. The van der Waals surface area contributed by atoms with Crippen molar-refractivity contribution in [3.05, 3.63) is 47.6 Å². The van der Waals surface area contributed by atoms with Gasteiger partial charge in [0.05, 0.1) is 18.6 Å². The zero-order valence-corrected chi connectivity index (χ0v) is 20.0. The van der Waals surface area contributed by atoms with E-state index in [-0.39, 0.29) is 18.4 Å². The van der Waals surface area contributed by atoms with Crippen molar-refractivity contribution in [2.75, 3.05) is 20.2 Å². The van der Waals surface area contributed by atoms with Crippen LogP contribution in [-0.4, -0.2) is 59.5 Å². The van der Waals surface area contributed by atoms with Crippen molar-refractivity contribution in [3.63, 3.8) is 0 Å². The molecule has 0 aliphatic heterocycles. The van der Waals surface area contributed by atoms with E-state index in [0.29, 0.717) is 37.4 Å². The van der Waals surface area contributed by atoms with Crippen molar-refractivity contribution in [2.24, 2.45) is 5.92 Å². The van der Waals surface area contributed by atoms with Crippen LogP contribution in [0.25, 0.3) is 0 Å². The fourth-order valence-corrected chi connectivity index (χ4v) is 4.37. The molecule has 0 radical (unpaired) electrons. The second-order valence-electron chi connectivity index (χ2n) is 8.79. The van der Waals surface area contributed by atoms with Crippen LogP contribution in [0.5, 0.6) is 0 Å². The summed E-state index contributed by atoms with van der Waals surface area (Å²) in [6.07, 6.45) is 3.71. The van der Waals surface area contributed by atoms with Gasteiger partial charge in [-0.25, -0.2) is 4.79 Å². The number of nitrogens with zero attached hydrogens (tertiary/aromatic N) is 2. The fourth-order valence-electron chi connectivity index (χ4n) is 4.37. The van der Waals surface area contributed by atoms with E-state index in [4.69, 9.17) is 9.26 Å². The monoisotopic (exact) mass is 472 g/mol. The molecule has 1 aliphatic carbocycles. The molecular weight excluding hydrogens is 436 g/mol. The Hall–Kier alpha value is -2.78. The topological polar surface area (TPSA) is 127 Å². The summed E-state index contributed by atoms with van der Waals surface area (Å²) in [5.74, 6) is -0.264. The number of carbonyl (C=O) groups is 2. The average molecular weight is 473 g/mol. The molecule has 0 bridgehead atoms. The van der Waals surface area contributed by atoms with Gasteiger partial charge in [-0.15, -0.1) is 0 Å². The minimum Gasteiger partial charge on any atom is -0.464 e. The first-order chi connectivity index (χ1) is 16.5. The second-order valence-corrected chi connectivity index (χ2v) is 8.79. The molecule has 4 atom stereocenters. The quantitative estimate of drug-likeness (QED) is 0.317. The molecule has 1 fully saturated rings. The maximum absolute atomic E-state index is 13.0. The Morgan fingerprint density at radius 1 is 1.24 bits per heavy atom. The Kier molecular flexibility index (Phi) is 10.0. The highest BCUT2D eigenvalue weighted by molar-refractivity contribution is 5.86. The van der Waals surface area contributed by atoms with Gasteiger partial charge in [-0.1, -0.05) is 35.5 Å². The lowest BCUT2D eigenvalue weighted by Gasteiger charge is -2.31. The number of aryl methyl sites for hydroxylation is 1. The number of aliphatic hydroxyl groups is 1. The lowest BCUT2D eigenvalue weighted by molar-refractivity contribution is -0.148. The number of hydrogen-bond acceptors (Lipinski definition) is 8. The molecule has 0 saturated heterocycles. The van der Waals surface area contributed by atoms with Crippen LogP contribution < -0.4 is 10.6 Å². The van der Waals surface area contributed by atoms with Crippen LogP contribution >= 0.6 is 0 Å². The minimum absolute atomic E-state index is 0.0565. The van der Waals surface area contributed by atoms with Gasteiger partial charge in [0.15, 0.2) is 5.82 Å². The van der Waals surface area contributed by atoms with E-state index in [1.165, 1.54) is 0 Å². The van der Waals surface area contributed by atoms with Crippen molar-refractivity contribution in [1.29, 1.82) is 0 Å². The summed E-state index contributed by atoms with van der Waals surface area (Å²) in [7, 11) is 1.92. The number of hydrogen-bond donors (Lipinski definition) is 3. The molecule has 2 aromatic rings. The molecule has 34 heavy (non-hydrogen) atoms. The summed E-state index contributed by atoms with van der Waals surface area (Å²) in [5.41, 5.74) is 0.920. The number of rotatable bonds is 12. The largest absolute Gasteiger partial charge is 0.464 e. The third-order valence-corrected chi connectivity index (χ3v) is 6.24. The summed E-state index contributed by atoms with van der Waals surface area (Å²) in [4.78, 5) is 30.0. The van der Waals surface area contributed by atoms with Gasteiger partial charge in [0.1, 0.15) is 6.04 Å². The molecular formula is C25H36N4O5. The van der Waals surface area contributed by atoms with E-state index in [9.17, 15) is 14.7 Å². The van der Waals surface area contributed by atoms with Crippen molar-refractivity contribution in [2.45, 2.75) is 69.9 Å². The van der Waals surface area contributed by atoms with E-state index in [1.54, 1.807) is 6.92 Å². The highest BCUT2D eigenvalue weighted by Crippen LogP contribution is 2.35. The Balaban J connectivity index is 1.55. The predicted molar refractivity (Wildman–Crippen MR) is 126 cm³/mol. The molecule has 9 nitrogen and oxygen atoms in total. The normalized spacial score (nSPS) is 21.1. The van der Waals surface area contributed by atoms with E-state index >= 15 is 0 Å². The fraction of sp³-hybridized carbons (Fsp3) is 0.600. The summed E-state index contributed by atoms with van der Waals surface area (Å²) >= 11 is 0. The van der Waals surface area contributed by atoms with Gasteiger partial charge in [-0.05, 0) is 58.2 Å². The van der Waals surface area contributed by atoms with Crippen LogP contribution in [0.15, 0.2) is 34.9 Å². The zero-order chi connectivity index (χ0) is 24.3. The first kappa shape index (κ1) is 25.8. The Morgan fingerprint density at radius 3 is 2.74 bits per heavy atom. The number of carbonyl (C=O) groups excluding carboxylic acids is 2. The van der Waals surface area contributed by atoms with Crippen LogP contribution in [0.3, 0.4) is 0 Å². The number of ether oxygens (including phenoxy) is 1. The number of aromatic nitrogens is 2. The van der Waals surface area contributed by atoms with Crippen molar-refractivity contribution < 1.29 is 24.0 Å². The van der Waals surface area contributed by atoms with Gasteiger partial charge in [0.25, 0.3) is 0 Å². The highest BCUT2D eigenvalue weighted by Gasteiger charge is 2.37. The first-order valence-electron chi connectivity index (χ1n) is 12.2. The van der Waals surface area contributed by atoms with Gasteiger partial charge in [-0.3, -0.25) is 4.79 Å². The minimum atomic E-state index is -0.851. The summed E-state index contributed by atoms with van der Waals surface area (Å²) < 4.78 is 10.5. The lowest BCUT2D eigenvalue weighted by Crippen LogP contribution is -2.49. The number of nitrogens with one attached hydrogen (secondary N) is 2. The van der Waals surface area contributed by atoms with Gasteiger partial charge in [0.2, 0.25) is 11.8 Å².